The number of nitrogens with one attached hydrogen (secondary N) is 1. The number of aromatic amines is 1. The average molecular weight is 444 g/mol. The predicted octanol–water partition coefficient (Wildman–Crippen LogP) is 5.38. The first-order chi connectivity index (χ1) is 13.6. The first kappa shape index (κ1) is 21.0. The van der Waals surface area contributed by atoms with E-state index in [1.54, 1.807) is 0 Å². The standard InChI is InChI=1S/C19H14Cl2F3N3O2/c1-27(9-10-3-2-4-12(5-10)19(22,23)24)18(29)16-8-15(25-26-16)11-6-13(20)17(28)14(21)7-11/h2-8,28H,9H2,1H3,(H,25,26). The Labute approximate surface area is 173 Å². The van der Waals surface area contributed by atoms with E-state index >= 15 is 0 Å². The smallest absolute Gasteiger partial charge is 0.416 e. The predicted molar refractivity (Wildman–Crippen MR) is 103 cm³/mol. The summed E-state index contributed by atoms with van der Waals surface area (Å²) in [7, 11) is 1.47. The molecule has 0 unspecified atom stereocenters. The summed E-state index contributed by atoms with van der Waals surface area (Å²) in [5.74, 6) is -0.720. The van der Waals surface area contributed by atoms with Gasteiger partial charge in [0.15, 0.2) is 5.75 Å². The average Bonchev–Trinajstić information content (AvgIpc) is 3.14. The van der Waals surface area contributed by atoms with Gasteiger partial charge in [0.25, 0.3) is 5.91 Å². The second kappa shape index (κ2) is 7.96. The van der Waals surface area contributed by atoms with Gasteiger partial charge >= 0.3 is 6.18 Å². The Balaban J connectivity index is 1.78. The second-order valence-corrected chi connectivity index (χ2v) is 7.13. The van der Waals surface area contributed by atoms with Gasteiger partial charge in [-0.25, -0.2) is 0 Å². The number of alkyl halides is 3. The molecule has 29 heavy (non-hydrogen) atoms. The maximum atomic E-state index is 12.8. The molecule has 0 spiro atoms. The monoisotopic (exact) mass is 443 g/mol. The molecule has 0 aliphatic heterocycles. The molecular weight excluding hydrogens is 430 g/mol. The minimum Gasteiger partial charge on any atom is -0.505 e. The molecule has 0 saturated heterocycles. The number of nitrogens with zero attached hydrogens (tertiary/aromatic N) is 2. The van der Waals surface area contributed by atoms with Crippen molar-refractivity contribution in [1.82, 2.24) is 15.1 Å². The molecule has 0 aliphatic rings. The van der Waals surface area contributed by atoms with E-state index < -0.39 is 17.6 Å². The van der Waals surface area contributed by atoms with Crippen molar-refractivity contribution in [3.63, 3.8) is 0 Å². The van der Waals surface area contributed by atoms with Crippen LogP contribution in [0.15, 0.2) is 42.5 Å². The lowest BCUT2D eigenvalue weighted by Crippen LogP contribution is -2.26. The zero-order chi connectivity index (χ0) is 21.3. The van der Waals surface area contributed by atoms with Crippen molar-refractivity contribution in [2.45, 2.75) is 12.7 Å². The van der Waals surface area contributed by atoms with Gasteiger partial charge in [-0.05, 0) is 35.9 Å². The normalized spacial score (nSPS) is 11.5. The van der Waals surface area contributed by atoms with Crippen LogP contribution in [0.4, 0.5) is 13.2 Å². The molecule has 10 heteroatoms. The van der Waals surface area contributed by atoms with Gasteiger partial charge in [-0.15, -0.1) is 0 Å². The SMILES string of the molecule is CN(Cc1cccc(C(F)(F)F)c1)C(=O)c1cc(-c2cc(Cl)c(O)c(Cl)c2)n[nH]1. The number of phenolic OH excluding ortho intramolecular Hbond substituents is 1. The Morgan fingerprint density at radius 3 is 2.45 bits per heavy atom. The molecule has 1 aromatic heterocycles. The molecule has 0 saturated carbocycles. The Morgan fingerprint density at radius 2 is 1.83 bits per heavy atom. The van der Waals surface area contributed by atoms with Crippen molar-refractivity contribution in [1.29, 1.82) is 0 Å². The molecule has 2 aromatic carbocycles. The highest BCUT2D eigenvalue weighted by Gasteiger charge is 2.30. The van der Waals surface area contributed by atoms with E-state index in [1.807, 2.05) is 0 Å². The molecule has 1 heterocycles. The number of aromatic hydroxyl groups is 1. The van der Waals surface area contributed by atoms with Crippen LogP contribution in [0.2, 0.25) is 10.0 Å². The van der Waals surface area contributed by atoms with E-state index in [4.69, 9.17) is 23.2 Å². The van der Waals surface area contributed by atoms with Crippen molar-refractivity contribution in [3.8, 4) is 17.0 Å². The highest BCUT2D eigenvalue weighted by atomic mass is 35.5. The van der Waals surface area contributed by atoms with Crippen LogP contribution in [0.25, 0.3) is 11.3 Å². The number of halogens is 5. The lowest BCUT2D eigenvalue weighted by molar-refractivity contribution is -0.137. The largest absolute Gasteiger partial charge is 0.505 e. The molecule has 0 bridgehead atoms. The Morgan fingerprint density at radius 1 is 1.17 bits per heavy atom. The molecule has 3 rings (SSSR count). The fraction of sp³-hybridized carbons (Fsp3) is 0.158. The number of amides is 1. The Kier molecular flexibility index (Phi) is 5.77. The fourth-order valence-corrected chi connectivity index (χ4v) is 3.18. The fourth-order valence-electron chi connectivity index (χ4n) is 2.69. The number of aromatic nitrogens is 2. The highest BCUT2D eigenvalue weighted by Crippen LogP contribution is 2.36. The van der Waals surface area contributed by atoms with Crippen LogP contribution >= 0.6 is 23.2 Å². The van der Waals surface area contributed by atoms with Crippen molar-refractivity contribution >= 4 is 29.1 Å². The summed E-state index contributed by atoms with van der Waals surface area (Å²) in [6, 6.07) is 9.13. The second-order valence-electron chi connectivity index (χ2n) is 6.31. The summed E-state index contributed by atoms with van der Waals surface area (Å²) in [4.78, 5) is 13.9. The highest BCUT2D eigenvalue weighted by molar-refractivity contribution is 6.37. The van der Waals surface area contributed by atoms with Gasteiger partial charge in [-0.1, -0.05) is 35.3 Å². The zero-order valence-electron chi connectivity index (χ0n) is 14.9. The number of carbonyl (C=O) groups excluding carboxylic acids is 1. The minimum atomic E-state index is -4.45. The van der Waals surface area contributed by atoms with Crippen molar-refractivity contribution < 1.29 is 23.1 Å². The van der Waals surface area contributed by atoms with Gasteiger partial charge < -0.3 is 10.0 Å². The summed E-state index contributed by atoms with van der Waals surface area (Å²) < 4.78 is 38.5. The van der Waals surface area contributed by atoms with Crippen LogP contribution in [0, 0.1) is 0 Å². The number of phenols is 1. The summed E-state index contributed by atoms with van der Waals surface area (Å²) >= 11 is 11.8. The molecule has 2 N–H and O–H groups in total. The van der Waals surface area contributed by atoms with Crippen LogP contribution in [0.3, 0.4) is 0 Å². The van der Waals surface area contributed by atoms with Gasteiger partial charge in [0.2, 0.25) is 0 Å². The first-order valence-corrected chi connectivity index (χ1v) is 8.97. The van der Waals surface area contributed by atoms with Crippen LogP contribution in [0.5, 0.6) is 5.75 Å². The van der Waals surface area contributed by atoms with Crippen LogP contribution in [-0.4, -0.2) is 33.2 Å². The van der Waals surface area contributed by atoms with Crippen molar-refractivity contribution in [3.05, 3.63) is 69.3 Å². The molecule has 0 atom stereocenters. The maximum Gasteiger partial charge on any atom is 0.416 e. The summed E-state index contributed by atoms with van der Waals surface area (Å²) in [5, 5.41) is 16.3. The number of hydrogen-bond donors (Lipinski definition) is 2. The third-order valence-corrected chi connectivity index (χ3v) is 4.72. The summed E-state index contributed by atoms with van der Waals surface area (Å²) in [6.45, 7) is -0.0199. The molecule has 5 nitrogen and oxygen atoms in total. The first-order valence-electron chi connectivity index (χ1n) is 8.21. The number of carbonyl (C=O) groups is 1. The molecule has 152 valence electrons. The quantitative estimate of drug-likeness (QED) is 0.568. The lowest BCUT2D eigenvalue weighted by Gasteiger charge is -2.17. The molecule has 0 aliphatic carbocycles. The molecular formula is C19H14Cl2F3N3O2. The van der Waals surface area contributed by atoms with Crippen LogP contribution in [-0.2, 0) is 12.7 Å². The number of benzene rings is 2. The number of H-pyrrole nitrogens is 1. The third-order valence-electron chi connectivity index (χ3n) is 4.14. The lowest BCUT2D eigenvalue weighted by atomic mass is 10.1. The van der Waals surface area contributed by atoms with Gasteiger partial charge in [-0.3, -0.25) is 9.89 Å². The van der Waals surface area contributed by atoms with Gasteiger partial charge in [0.05, 0.1) is 21.3 Å². The number of rotatable bonds is 4. The van der Waals surface area contributed by atoms with Gasteiger partial charge in [0, 0.05) is 19.2 Å². The van der Waals surface area contributed by atoms with E-state index in [1.165, 1.54) is 42.3 Å². The van der Waals surface area contributed by atoms with E-state index in [2.05, 4.69) is 10.2 Å². The molecule has 1 amide bonds. The summed E-state index contributed by atoms with van der Waals surface area (Å²) in [6.07, 6.45) is -4.45. The molecule has 3 aromatic rings. The Bertz CT molecular complexity index is 1040. The van der Waals surface area contributed by atoms with Crippen molar-refractivity contribution in [2.75, 3.05) is 7.05 Å². The maximum absolute atomic E-state index is 12.8. The molecule has 0 fully saturated rings. The van der Waals surface area contributed by atoms with Crippen LogP contribution in [0.1, 0.15) is 21.6 Å². The number of hydrogen-bond acceptors (Lipinski definition) is 3. The van der Waals surface area contributed by atoms with Gasteiger partial charge in [-0.2, -0.15) is 18.3 Å². The van der Waals surface area contributed by atoms with Crippen LogP contribution < -0.4 is 0 Å². The van der Waals surface area contributed by atoms with E-state index in [9.17, 15) is 23.1 Å². The van der Waals surface area contributed by atoms with Gasteiger partial charge in [0.1, 0.15) is 5.69 Å². The third kappa shape index (κ3) is 4.65. The summed E-state index contributed by atoms with van der Waals surface area (Å²) in [5.41, 5.74) is 0.543. The zero-order valence-corrected chi connectivity index (χ0v) is 16.4. The van der Waals surface area contributed by atoms with Crippen molar-refractivity contribution in [2.24, 2.45) is 0 Å². The van der Waals surface area contributed by atoms with E-state index in [0.717, 1.165) is 12.1 Å². The Hall–Kier alpha value is -2.71. The minimum absolute atomic E-state index is 0.0199. The topological polar surface area (TPSA) is 69.2 Å². The van der Waals surface area contributed by atoms with E-state index in [0.29, 0.717) is 16.8 Å². The molecule has 0 radical (unpaired) electrons. The van der Waals surface area contributed by atoms with E-state index in [-0.39, 0.29) is 28.0 Å².